The van der Waals surface area contributed by atoms with E-state index >= 15 is 0 Å². The van der Waals surface area contributed by atoms with Crippen LogP contribution in [0.4, 0.5) is 0 Å². The Hall–Kier alpha value is -1.79. The molecule has 5 nitrogen and oxygen atoms in total. The van der Waals surface area contributed by atoms with Crippen LogP contribution in [0.2, 0.25) is 0 Å². The lowest BCUT2D eigenvalue weighted by Gasteiger charge is -2.19. The molecule has 110 valence electrons. The topological polar surface area (TPSA) is 75.4 Å². The second-order valence-electron chi connectivity index (χ2n) is 5.07. The lowest BCUT2D eigenvalue weighted by Crippen LogP contribution is -2.46. The van der Waals surface area contributed by atoms with Crippen molar-refractivity contribution in [2.24, 2.45) is 0 Å². The molecular formula is C15H16N2O3S. The van der Waals surface area contributed by atoms with Crippen molar-refractivity contribution in [1.29, 1.82) is 0 Å². The minimum atomic E-state index is -1.24. The van der Waals surface area contributed by atoms with Crippen LogP contribution >= 0.6 is 11.8 Å². The van der Waals surface area contributed by atoms with Crippen molar-refractivity contribution < 1.29 is 14.4 Å². The highest BCUT2D eigenvalue weighted by atomic mass is 32.2. The Balaban J connectivity index is 1.62. The van der Waals surface area contributed by atoms with E-state index in [2.05, 4.69) is 10.5 Å². The number of nitrogens with zero attached hydrogens (tertiary/aromatic N) is 1. The van der Waals surface area contributed by atoms with Crippen molar-refractivity contribution in [2.45, 2.75) is 18.6 Å². The third-order valence-electron chi connectivity index (χ3n) is 3.47. The van der Waals surface area contributed by atoms with Gasteiger partial charge in [0.25, 0.3) is 5.91 Å². The maximum Gasteiger partial charge on any atom is 0.253 e. The highest BCUT2D eigenvalue weighted by Crippen LogP contribution is 2.28. The minimum absolute atomic E-state index is 0.252. The predicted octanol–water partition coefficient (Wildman–Crippen LogP) is 1.83. The molecule has 2 N–H and O–H groups in total. The Morgan fingerprint density at radius 2 is 2.24 bits per heavy atom. The summed E-state index contributed by atoms with van der Waals surface area (Å²) in [7, 11) is 0. The molecule has 0 bridgehead atoms. The van der Waals surface area contributed by atoms with Crippen LogP contribution < -0.4 is 5.32 Å². The molecule has 1 aromatic heterocycles. The van der Waals surface area contributed by atoms with Crippen LogP contribution in [0.15, 0.2) is 40.9 Å². The molecule has 21 heavy (non-hydrogen) atoms. The van der Waals surface area contributed by atoms with Gasteiger partial charge in [-0.2, -0.15) is 11.8 Å². The normalized spacial score (nSPS) is 21.4. The molecule has 0 saturated carbocycles. The standard InChI is InChI=1S/C15H16N2O3S/c18-14(15(19)6-7-21-10-15)16-9-12-8-13(20-17-12)11-4-2-1-3-5-11/h1-5,8,19H,6-7,9-10H2,(H,16,18). The third-order valence-corrected chi connectivity index (χ3v) is 4.65. The summed E-state index contributed by atoms with van der Waals surface area (Å²) in [5, 5.41) is 16.8. The van der Waals surface area contributed by atoms with E-state index in [4.69, 9.17) is 4.52 Å². The maximum atomic E-state index is 12.0. The van der Waals surface area contributed by atoms with Crippen LogP contribution in [0.25, 0.3) is 11.3 Å². The highest BCUT2D eigenvalue weighted by Gasteiger charge is 2.39. The molecule has 1 aromatic carbocycles. The van der Waals surface area contributed by atoms with Gasteiger partial charge in [-0.1, -0.05) is 35.5 Å². The number of aromatic nitrogens is 1. The monoisotopic (exact) mass is 304 g/mol. The zero-order chi connectivity index (χ0) is 14.7. The molecule has 3 rings (SSSR count). The number of rotatable bonds is 4. The lowest BCUT2D eigenvalue weighted by atomic mass is 10.0. The average Bonchev–Trinajstić information content (AvgIpc) is 3.15. The number of carbonyl (C=O) groups excluding carboxylic acids is 1. The molecule has 1 aliphatic heterocycles. The molecule has 1 fully saturated rings. The SMILES string of the molecule is O=C(NCc1cc(-c2ccccc2)on1)C1(O)CCSC1. The first-order valence-electron chi connectivity index (χ1n) is 6.77. The first-order chi connectivity index (χ1) is 10.2. The second kappa shape index (κ2) is 5.91. The van der Waals surface area contributed by atoms with E-state index in [0.29, 0.717) is 23.6 Å². The van der Waals surface area contributed by atoms with Gasteiger partial charge in [-0.15, -0.1) is 0 Å². The van der Waals surface area contributed by atoms with Gasteiger partial charge in [0.05, 0.1) is 6.54 Å². The fourth-order valence-electron chi connectivity index (χ4n) is 2.20. The summed E-state index contributed by atoms with van der Waals surface area (Å²) in [4.78, 5) is 12.0. The molecule has 1 atom stereocenters. The smallest absolute Gasteiger partial charge is 0.253 e. The first kappa shape index (κ1) is 14.2. The van der Waals surface area contributed by atoms with Crippen molar-refractivity contribution in [2.75, 3.05) is 11.5 Å². The summed E-state index contributed by atoms with van der Waals surface area (Å²) in [5.74, 6) is 1.59. The van der Waals surface area contributed by atoms with Crippen molar-refractivity contribution in [3.63, 3.8) is 0 Å². The quantitative estimate of drug-likeness (QED) is 0.901. The number of amides is 1. The molecule has 1 amide bonds. The van der Waals surface area contributed by atoms with Crippen molar-refractivity contribution in [1.82, 2.24) is 10.5 Å². The average molecular weight is 304 g/mol. The molecule has 0 spiro atoms. The van der Waals surface area contributed by atoms with Crippen LogP contribution in [0.5, 0.6) is 0 Å². The Bertz CT molecular complexity index is 621. The summed E-state index contributed by atoms with van der Waals surface area (Å²) in [6.45, 7) is 0.252. The van der Waals surface area contributed by atoms with E-state index in [1.165, 1.54) is 0 Å². The van der Waals surface area contributed by atoms with Gasteiger partial charge in [0.1, 0.15) is 5.69 Å². The number of nitrogens with one attached hydrogen (secondary N) is 1. The number of hydrogen-bond acceptors (Lipinski definition) is 5. The molecular weight excluding hydrogens is 288 g/mol. The minimum Gasteiger partial charge on any atom is -0.379 e. The second-order valence-corrected chi connectivity index (χ2v) is 6.17. The van der Waals surface area contributed by atoms with E-state index in [1.54, 1.807) is 17.8 Å². The Morgan fingerprint density at radius 1 is 1.43 bits per heavy atom. The molecule has 1 unspecified atom stereocenters. The van der Waals surface area contributed by atoms with Crippen LogP contribution in [-0.2, 0) is 11.3 Å². The predicted molar refractivity (Wildman–Crippen MR) is 80.7 cm³/mol. The van der Waals surface area contributed by atoms with E-state index in [1.807, 2.05) is 30.3 Å². The van der Waals surface area contributed by atoms with Crippen LogP contribution in [0, 0.1) is 0 Å². The maximum absolute atomic E-state index is 12.0. The third kappa shape index (κ3) is 3.11. The van der Waals surface area contributed by atoms with E-state index in [-0.39, 0.29) is 12.5 Å². The number of thioether (sulfide) groups is 1. The zero-order valence-electron chi connectivity index (χ0n) is 11.4. The Labute approximate surface area is 126 Å². The van der Waals surface area contributed by atoms with Crippen molar-refractivity contribution >= 4 is 17.7 Å². The van der Waals surface area contributed by atoms with Crippen LogP contribution in [0.1, 0.15) is 12.1 Å². The molecule has 1 saturated heterocycles. The van der Waals surface area contributed by atoms with Gasteiger partial charge in [0.15, 0.2) is 11.4 Å². The summed E-state index contributed by atoms with van der Waals surface area (Å²) < 4.78 is 5.27. The number of aliphatic hydroxyl groups is 1. The number of carbonyl (C=O) groups is 1. The van der Waals surface area contributed by atoms with Gasteiger partial charge in [-0.05, 0) is 12.2 Å². The first-order valence-corrected chi connectivity index (χ1v) is 7.92. The van der Waals surface area contributed by atoms with Crippen LogP contribution in [0.3, 0.4) is 0 Å². The van der Waals surface area contributed by atoms with Gasteiger partial charge in [0, 0.05) is 17.4 Å². The Morgan fingerprint density at radius 3 is 2.95 bits per heavy atom. The van der Waals surface area contributed by atoms with Crippen LogP contribution in [-0.4, -0.2) is 33.3 Å². The van der Waals surface area contributed by atoms with E-state index < -0.39 is 5.60 Å². The number of benzene rings is 1. The summed E-state index contributed by atoms with van der Waals surface area (Å²) >= 11 is 1.59. The molecule has 6 heteroatoms. The lowest BCUT2D eigenvalue weighted by molar-refractivity contribution is -0.137. The largest absolute Gasteiger partial charge is 0.379 e. The molecule has 2 heterocycles. The van der Waals surface area contributed by atoms with Gasteiger partial charge in [-0.25, -0.2) is 0 Å². The molecule has 0 radical (unpaired) electrons. The van der Waals surface area contributed by atoms with E-state index in [9.17, 15) is 9.90 Å². The fraction of sp³-hybridized carbons (Fsp3) is 0.333. The van der Waals surface area contributed by atoms with Crippen molar-refractivity contribution in [3.05, 3.63) is 42.1 Å². The van der Waals surface area contributed by atoms with Crippen molar-refractivity contribution in [3.8, 4) is 11.3 Å². The number of hydrogen-bond donors (Lipinski definition) is 2. The molecule has 1 aliphatic rings. The summed E-state index contributed by atoms with van der Waals surface area (Å²) in [6, 6.07) is 11.4. The van der Waals surface area contributed by atoms with Gasteiger partial charge in [-0.3, -0.25) is 4.79 Å². The van der Waals surface area contributed by atoms with Gasteiger partial charge in [0.2, 0.25) is 0 Å². The fourth-order valence-corrected chi connectivity index (χ4v) is 3.44. The molecule has 2 aromatic rings. The zero-order valence-corrected chi connectivity index (χ0v) is 12.2. The molecule has 0 aliphatic carbocycles. The summed E-state index contributed by atoms with van der Waals surface area (Å²) in [5.41, 5.74) is 0.335. The van der Waals surface area contributed by atoms with Gasteiger partial charge < -0.3 is 14.9 Å². The van der Waals surface area contributed by atoms with Gasteiger partial charge >= 0.3 is 0 Å². The van der Waals surface area contributed by atoms with E-state index in [0.717, 1.165) is 11.3 Å². The Kier molecular flexibility index (Phi) is 3.98. The summed E-state index contributed by atoms with van der Waals surface area (Å²) in [6.07, 6.45) is 0.498. The highest BCUT2D eigenvalue weighted by molar-refractivity contribution is 7.99.